The van der Waals surface area contributed by atoms with E-state index in [4.69, 9.17) is 14.2 Å². The van der Waals surface area contributed by atoms with E-state index in [-0.39, 0.29) is 24.1 Å². The standard InChI is InChI=1S/C17H25NO5/c1-4-21-16(20)13-12-6-7-17(23-12)10-18(15(19)14(13)17)8-5-9-22-11(2)3/h6-7,11-14H,4-5,8-10H2,1-3H3. The largest absolute Gasteiger partial charge is 0.466 e. The van der Waals surface area contributed by atoms with E-state index in [1.54, 1.807) is 11.8 Å². The maximum absolute atomic E-state index is 12.8. The number of hydrogen-bond donors (Lipinski definition) is 0. The molecule has 0 aromatic rings. The summed E-state index contributed by atoms with van der Waals surface area (Å²) < 4.78 is 16.7. The summed E-state index contributed by atoms with van der Waals surface area (Å²) in [7, 11) is 0. The van der Waals surface area contributed by atoms with Gasteiger partial charge in [0, 0.05) is 13.2 Å². The monoisotopic (exact) mass is 323 g/mol. The van der Waals surface area contributed by atoms with Crippen LogP contribution >= 0.6 is 0 Å². The van der Waals surface area contributed by atoms with Crippen molar-refractivity contribution in [1.82, 2.24) is 4.90 Å². The molecule has 2 bridgehead atoms. The summed E-state index contributed by atoms with van der Waals surface area (Å²) in [6.07, 6.45) is 4.51. The summed E-state index contributed by atoms with van der Waals surface area (Å²) in [5.74, 6) is -1.28. The lowest BCUT2D eigenvalue weighted by molar-refractivity contribution is -0.153. The number of hydrogen-bond acceptors (Lipinski definition) is 5. The number of amides is 1. The molecule has 0 N–H and O–H groups in total. The lowest BCUT2D eigenvalue weighted by Crippen LogP contribution is -2.40. The number of likely N-dealkylation sites (tertiary alicyclic amines) is 1. The van der Waals surface area contributed by atoms with Crippen molar-refractivity contribution in [2.24, 2.45) is 11.8 Å². The van der Waals surface area contributed by atoms with Crippen LogP contribution in [0.25, 0.3) is 0 Å². The molecular weight excluding hydrogens is 298 g/mol. The minimum atomic E-state index is -0.641. The second kappa shape index (κ2) is 6.24. The predicted octanol–water partition coefficient (Wildman–Crippen LogP) is 1.15. The molecule has 1 spiro atoms. The molecule has 3 rings (SSSR count). The predicted molar refractivity (Wildman–Crippen MR) is 82.6 cm³/mol. The summed E-state index contributed by atoms with van der Waals surface area (Å²) in [5, 5.41) is 0. The number of ether oxygens (including phenoxy) is 3. The lowest BCUT2D eigenvalue weighted by atomic mass is 9.77. The first-order chi connectivity index (χ1) is 11.0. The number of nitrogens with zero attached hydrogens (tertiary/aromatic N) is 1. The molecule has 4 atom stereocenters. The first kappa shape index (κ1) is 16.5. The zero-order chi connectivity index (χ0) is 16.6. The molecule has 2 fully saturated rings. The topological polar surface area (TPSA) is 65.1 Å². The van der Waals surface area contributed by atoms with Gasteiger partial charge in [-0.2, -0.15) is 0 Å². The fourth-order valence-corrected chi connectivity index (χ4v) is 3.85. The third-order valence-corrected chi connectivity index (χ3v) is 4.76. The average molecular weight is 323 g/mol. The third kappa shape index (κ3) is 2.78. The van der Waals surface area contributed by atoms with Crippen molar-refractivity contribution in [3.63, 3.8) is 0 Å². The van der Waals surface area contributed by atoms with Crippen LogP contribution in [0.5, 0.6) is 0 Å². The molecule has 23 heavy (non-hydrogen) atoms. The maximum Gasteiger partial charge on any atom is 0.312 e. The van der Waals surface area contributed by atoms with Gasteiger partial charge in [0.1, 0.15) is 11.5 Å². The highest BCUT2D eigenvalue weighted by Gasteiger charge is 2.67. The molecule has 0 aromatic carbocycles. The van der Waals surface area contributed by atoms with Crippen molar-refractivity contribution in [3.05, 3.63) is 12.2 Å². The highest BCUT2D eigenvalue weighted by Crippen LogP contribution is 2.52. The normalized spacial score (nSPS) is 34.5. The van der Waals surface area contributed by atoms with Crippen LogP contribution in [0.1, 0.15) is 27.2 Å². The second-order valence-electron chi connectivity index (χ2n) is 6.68. The first-order valence-corrected chi connectivity index (χ1v) is 8.42. The number of fused-ring (bicyclic) bond motifs is 1. The van der Waals surface area contributed by atoms with Gasteiger partial charge in [-0.3, -0.25) is 9.59 Å². The van der Waals surface area contributed by atoms with Crippen molar-refractivity contribution in [1.29, 1.82) is 0 Å². The molecule has 0 radical (unpaired) electrons. The van der Waals surface area contributed by atoms with Crippen molar-refractivity contribution in [2.75, 3.05) is 26.3 Å². The summed E-state index contributed by atoms with van der Waals surface area (Å²) in [5.41, 5.74) is -0.641. The van der Waals surface area contributed by atoms with Gasteiger partial charge in [0.15, 0.2) is 0 Å². The van der Waals surface area contributed by atoms with Gasteiger partial charge in [0.2, 0.25) is 5.91 Å². The summed E-state index contributed by atoms with van der Waals surface area (Å²) in [6.45, 7) is 7.84. The SMILES string of the molecule is CCOC(=O)C1C2C=CC3(CN(CCCOC(C)C)C(=O)C13)O2. The number of esters is 1. The van der Waals surface area contributed by atoms with Crippen LogP contribution < -0.4 is 0 Å². The minimum absolute atomic E-state index is 0.000509. The van der Waals surface area contributed by atoms with Gasteiger partial charge in [0.05, 0.1) is 31.3 Å². The Balaban J connectivity index is 1.66. The minimum Gasteiger partial charge on any atom is -0.466 e. The Labute approximate surface area is 136 Å². The first-order valence-electron chi connectivity index (χ1n) is 8.42. The Hall–Kier alpha value is -1.40. The zero-order valence-electron chi connectivity index (χ0n) is 14.0. The third-order valence-electron chi connectivity index (χ3n) is 4.76. The highest BCUT2D eigenvalue weighted by atomic mass is 16.6. The molecule has 6 heteroatoms. The van der Waals surface area contributed by atoms with Crippen LogP contribution in [-0.4, -0.2) is 60.9 Å². The van der Waals surface area contributed by atoms with Crippen molar-refractivity contribution < 1.29 is 23.8 Å². The summed E-state index contributed by atoms with van der Waals surface area (Å²) in [6, 6.07) is 0. The molecule has 6 nitrogen and oxygen atoms in total. The summed E-state index contributed by atoms with van der Waals surface area (Å²) in [4.78, 5) is 26.8. The van der Waals surface area contributed by atoms with Crippen LogP contribution in [0, 0.1) is 11.8 Å². The molecule has 3 aliphatic rings. The van der Waals surface area contributed by atoms with E-state index in [9.17, 15) is 9.59 Å². The number of carbonyl (C=O) groups excluding carboxylic acids is 2. The molecule has 0 saturated carbocycles. The van der Waals surface area contributed by atoms with Crippen molar-refractivity contribution >= 4 is 11.9 Å². The van der Waals surface area contributed by atoms with Gasteiger partial charge < -0.3 is 19.1 Å². The van der Waals surface area contributed by atoms with Crippen LogP contribution in [0.4, 0.5) is 0 Å². The quantitative estimate of drug-likeness (QED) is 0.399. The Morgan fingerprint density at radius 3 is 3.00 bits per heavy atom. The van der Waals surface area contributed by atoms with Crippen molar-refractivity contribution in [2.45, 2.75) is 45.0 Å². The van der Waals surface area contributed by atoms with Crippen molar-refractivity contribution in [3.8, 4) is 0 Å². The van der Waals surface area contributed by atoms with Gasteiger partial charge in [-0.05, 0) is 27.2 Å². The smallest absolute Gasteiger partial charge is 0.312 e. The number of rotatable bonds is 7. The van der Waals surface area contributed by atoms with E-state index < -0.39 is 17.4 Å². The van der Waals surface area contributed by atoms with Crippen LogP contribution in [0.3, 0.4) is 0 Å². The Morgan fingerprint density at radius 2 is 2.30 bits per heavy atom. The van der Waals surface area contributed by atoms with E-state index in [1.807, 2.05) is 26.0 Å². The Kier molecular flexibility index (Phi) is 4.47. The van der Waals surface area contributed by atoms with E-state index in [0.29, 0.717) is 26.3 Å². The van der Waals surface area contributed by atoms with E-state index in [0.717, 1.165) is 6.42 Å². The molecule has 1 amide bonds. The molecule has 4 unspecified atom stereocenters. The van der Waals surface area contributed by atoms with Gasteiger partial charge in [-0.1, -0.05) is 12.2 Å². The Morgan fingerprint density at radius 1 is 1.52 bits per heavy atom. The molecular formula is C17H25NO5. The zero-order valence-corrected chi connectivity index (χ0v) is 14.0. The van der Waals surface area contributed by atoms with Gasteiger partial charge in [0.25, 0.3) is 0 Å². The highest BCUT2D eigenvalue weighted by molar-refractivity contribution is 5.91. The van der Waals surface area contributed by atoms with Crippen LogP contribution in [-0.2, 0) is 23.8 Å². The fourth-order valence-electron chi connectivity index (χ4n) is 3.85. The Bertz CT molecular complexity index is 517. The number of carbonyl (C=O) groups is 2. The molecule has 0 aromatic heterocycles. The van der Waals surface area contributed by atoms with E-state index in [1.165, 1.54) is 0 Å². The fraction of sp³-hybridized carbons (Fsp3) is 0.765. The van der Waals surface area contributed by atoms with Gasteiger partial charge in [-0.15, -0.1) is 0 Å². The second-order valence-corrected chi connectivity index (χ2v) is 6.68. The molecule has 128 valence electrons. The average Bonchev–Trinajstić information content (AvgIpc) is 3.12. The lowest BCUT2D eigenvalue weighted by Gasteiger charge is -2.22. The van der Waals surface area contributed by atoms with E-state index in [2.05, 4.69) is 0 Å². The molecule has 2 saturated heterocycles. The van der Waals surface area contributed by atoms with Crippen LogP contribution in [0.15, 0.2) is 12.2 Å². The maximum atomic E-state index is 12.8. The van der Waals surface area contributed by atoms with E-state index >= 15 is 0 Å². The van der Waals surface area contributed by atoms with Crippen LogP contribution in [0.2, 0.25) is 0 Å². The summed E-state index contributed by atoms with van der Waals surface area (Å²) >= 11 is 0. The van der Waals surface area contributed by atoms with Gasteiger partial charge >= 0.3 is 5.97 Å². The van der Waals surface area contributed by atoms with Gasteiger partial charge in [-0.25, -0.2) is 0 Å². The molecule has 0 aliphatic carbocycles. The molecule has 3 heterocycles. The molecule has 3 aliphatic heterocycles.